The number of oxazole rings is 1. The molecule has 0 amide bonds. The number of rotatable bonds is 2. The first-order valence-electron chi connectivity index (χ1n) is 5.08. The summed E-state index contributed by atoms with van der Waals surface area (Å²) >= 11 is 0. The molecule has 2 rings (SSSR count). The van der Waals surface area contributed by atoms with Crippen molar-refractivity contribution in [1.82, 2.24) is 9.88 Å². The first-order chi connectivity index (χ1) is 7.18. The second-order valence-corrected chi connectivity index (χ2v) is 3.86. The van der Waals surface area contributed by atoms with Gasteiger partial charge >= 0.3 is 5.97 Å². The smallest absolute Gasteiger partial charge is 0.373 e. The van der Waals surface area contributed by atoms with Gasteiger partial charge in [-0.2, -0.15) is 0 Å². The molecule has 1 aliphatic rings. The number of piperidine rings is 1. The predicted octanol–water partition coefficient (Wildman–Crippen LogP) is 1.53. The molecular formula is C10H14N2O3. The number of carboxylic acid groups (broad SMARTS) is 1. The van der Waals surface area contributed by atoms with Crippen LogP contribution in [0.15, 0.2) is 10.6 Å². The van der Waals surface area contributed by atoms with Crippen molar-refractivity contribution in [2.75, 3.05) is 13.6 Å². The monoisotopic (exact) mass is 210 g/mol. The number of nitrogens with zero attached hydrogens (tertiary/aromatic N) is 2. The summed E-state index contributed by atoms with van der Waals surface area (Å²) in [4.78, 5) is 16.8. The molecule has 0 aromatic carbocycles. The molecule has 0 radical (unpaired) electrons. The lowest BCUT2D eigenvalue weighted by atomic mass is 10.0. The van der Waals surface area contributed by atoms with Gasteiger partial charge < -0.3 is 9.52 Å². The highest BCUT2D eigenvalue weighted by Gasteiger charge is 2.25. The molecule has 1 atom stereocenters. The number of hydrogen-bond donors (Lipinski definition) is 1. The van der Waals surface area contributed by atoms with Gasteiger partial charge in [0, 0.05) is 0 Å². The van der Waals surface area contributed by atoms with Crippen LogP contribution >= 0.6 is 0 Å². The van der Waals surface area contributed by atoms with Gasteiger partial charge in [0.25, 0.3) is 0 Å². The maximum Gasteiger partial charge on any atom is 0.373 e. The minimum absolute atomic E-state index is 0.0797. The van der Waals surface area contributed by atoms with Crippen LogP contribution in [0, 0.1) is 0 Å². The lowest BCUT2D eigenvalue weighted by molar-refractivity contribution is 0.0653. The Bertz CT molecular complexity index is 361. The van der Waals surface area contributed by atoms with Crippen LogP contribution in [-0.2, 0) is 0 Å². The number of carbonyl (C=O) groups is 1. The summed E-state index contributed by atoms with van der Waals surface area (Å²) in [7, 11) is 2.01. The van der Waals surface area contributed by atoms with Crippen LogP contribution in [0.1, 0.15) is 41.7 Å². The molecule has 1 unspecified atom stereocenters. The van der Waals surface area contributed by atoms with Crippen LogP contribution in [0.4, 0.5) is 0 Å². The molecule has 1 aromatic rings. The average molecular weight is 210 g/mol. The topological polar surface area (TPSA) is 66.6 Å². The highest BCUT2D eigenvalue weighted by molar-refractivity contribution is 5.83. The minimum Gasteiger partial charge on any atom is -0.475 e. The molecule has 5 nitrogen and oxygen atoms in total. The molecule has 0 aliphatic carbocycles. The Kier molecular flexibility index (Phi) is 2.73. The molecular weight excluding hydrogens is 196 g/mol. The van der Waals surface area contributed by atoms with E-state index in [1.54, 1.807) is 0 Å². The molecule has 0 bridgehead atoms. The van der Waals surface area contributed by atoms with E-state index >= 15 is 0 Å². The zero-order valence-electron chi connectivity index (χ0n) is 8.64. The van der Waals surface area contributed by atoms with E-state index in [0.717, 1.165) is 19.4 Å². The standard InChI is InChI=1S/C10H14N2O3/c1-12-5-3-2-4-7(12)9-11-6-8(15-9)10(13)14/h6-7H,2-5H2,1H3,(H,13,14). The fraction of sp³-hybridized carbons (Fsp3) is 0.600. The quantitative estimate of drug-likeness (QED) is 0.801. The normalized spacial score (nSPS) is 22.9. The summed E-state index contributed by atoms with van der Waals surface area (Å²) in [6.07, 6.45) is 4.58. The molecule has 5 heteroatoms. The molecule has 1 fully saturated rings. The number of likely N-dealkylation sites (tertiary alicyclic amines) is 1. The van der Waals surface area contributed by atoms with Crippen molar-refractivity contribution in [3.63, 3.8) is 0 Å². The third-order valence-corrected chi connectivity index (χ3v) is 2.79. The van der Waals surface area contributed by atoms with Crippen LogP contribution in [0.3, 0.4) is 0 Å². The van der Waals surface area contributed by atoms with Crippen molar-refractivity contribution in [3.8, 4) is 0 Å². The van der Waals surface area contributed by atoms with Gasteiger partial charge in [-0.3, -0.25) is 4.90 Å². The van der Waals surface area contributed by atoms with Crippen LogP contribution < -0.4 is 0 Å². The first kappa shape index (κ1) is 10.2. The molecule has 1 N–H and O–H groups in total. The zero-order chi connectivity index (χ0) is 10.8. The number of hydrogen-bond acceptors (Lipinski definition) is 4. The minimum atomic E-state index is -1.06. The fourth-order valence-electron chi connectivity index (χ4n) is 1.93. The van der Waals surface area contributed by atoms with E-state index in [2.05, 4.69) is 9.88 Å². The largest absolute Gasteiger partial charge is 0.475 e. The lowest BCUT2D eigenvalue weighted by Crippen LogP contribution is -2.29. The van der Waals surface area contributed by atoms with E-state index in [1.165, 1.54) is 12.6 Å². The van der Waals surface area contributed by atoms with Gasteiger partial charge in [-0.1, -0.05) is 6.42 Å². The molecule has 1 aromatic heterocycles. The van der Waals surface area contributed by atoms with Gasteiger partial charge in [0.15, 0.2) is 0 Å². The van der Waals surface area contributed by atoms with E-state index in [9.17, 15) is 4.79 Å². The molecule has 0 spiro atoms. The van der Waals surface area contributed by atoms with Crippen LogP contribution in [-0.4, -0.2) is 34.6 Å². The number of carboxylic acids is 1. The Morgan fingerprint density at radius 3 is 3.07 bits per heavy atom. The Hall–Kier alpha value is -1.36. The maximum absolute atomic E-state index is 10.6. The molecule has 82 valence electrons. The van der Waals surface area contributed by atoms with Gasteiger partial charge in [-0.05, 0) is 26.4 Å². The average Bonchev–Trinajstić information content (AvgIpc) is 2.67. The molecule has 15 heavy (non-hydrogen) atoms. The third kappa shape index (κ3) is 2.02. The summed E-state index contributed by atoms with van der Waals surface area (Å²) in [6.45, 7) is 1.01. The van der Waals surface area contributed by atoms with Crippen molar-refractivity contribution >= 4 is 5.97 Å². The summed E-state index contributed by atoms with van der Waals surface area (Å²) in [5.74, 6) is -0.620. The van der Waals surface area contributed by atoms with Gasteiger partial charge in [0.1, 0.15) is 0 Å². The van der Waals surface area contributed by atoms with Crippen LogP contribution in [0.2, 0.25) is 0 Å². The van der Waals surface area contributed by atoms with Crippen LogP contribution in [0.25, 0.3) is 0 Å². The summed E-state index contributed by atoms with van der Waals surface area (Å²) in [5.41, 5.74) is 0. The Labute approximate surface area is 87.7 Å². The summed E-state index contributed by atoms with van der Waals surface area (Å²) in [5, 5.41) is 8.72. The Morgan fingerprint density at radius 1 is 1.67 bits per heavy atom. The summed E-state index contributed by atoms with van der Waals surface area (Å²) in [6, 6.07) is 0.131. The highest BCUT2D eigenvalue weighted by Crippen LogP contribution is 2.28. The van der Waals surface area contributed by atoms with Gasteiger partial charge in [0.05, 0.1) is 12.2 Å². The van der Waals surface area contributed by atoms with Crippen molar-refractivity contribution < 1.29 is 14.3 Å². The van der Waals surface area contributed by atoms with Crippen molar-refractivity contribution in [3.05, 3.63) is 17.8 Å². The Morgan fingerprint density at radius 2 is 2.47 bits per heavy atom. The van der Waals surface area contributed by atoms with E-state index < -0.39 is 5.97 Å². The van der Waals surface area contributed by atoms with Crippen LogP contribution in [0.5, 0.6) is 0 Å². The maximum atomic E-state index is 10.6. The molecule has 0 saturated carbocycles. The van der Waals surface area contributed by atoms with E-state index in [0.29, 0.717) is 5.89 Å². The van der Waals surface area contributed by atoms with E-state index in [1.807, 2.05) is 7.05 Å². The predicted molar refractivity (Wildman–Crippen MR) is 52.7 cm³/mol. The van der Waals surface area contributed by atoms with Crippen molar-refractivity contribution in [2.24, 2.45) is 0 Å². The lowest BCUT2D eigenvalue weighted by Gasteiger charge is -2.29. The fourth-order valence-corrected chi connectivity index (χ4v) is 1.93. The number of aromatic carboxylic acids is 1. The van der Waals surface area contributed by atoms with Gasteiger partial charge in [-0.25, -0.2) is 9.78 Å². The first-order valence-corrected chi connectivity index (χ1v) is 5.08. The molecule has 2 heterocycles. The SMILES string of the molecule is CN1CCCCC1c1ncc(C(=O)O)o1. The summed E-state index contributed by atoms with van der Waals surface area (Å²) < 4.78 is 5.20. The van der Waals surface area contributed by atoms with Gasteiger partial charge in [0.2, 0.25) is 11.7 Å². The van der Waals surface area contributed by atoms with E-state index in [-0.39, 0.29) is 11.8 Å². The van der Waals surface area contributed by atoms with Gasteiger partial charge in [-0.15, -0.1) is 0 Å². The molecule has 1 saturated heterocycles. The van der Waals surface area contributed by atoms with Crippen molar-refractivity contribution in [2.45, 2.75) is 25.3 Å². The Balaban J connectivity index is 2.17. The second-order valence-electron chi connectivity index (χ2n) is 3.86. The van der Waals surface area contributed by atoms with Crippen molar-refractivity contribution in [1.29, 1.82) is 0 Å². The highest BCUT2D eigenvalue weighted by atomic mass is 16.4. The second kappa shape index (κ2) is 4.02. The van der Waals surface area contributed by atoms with E-state index in [4.69, 9.17) is 9.52 Å². The third-order valence-electron chi connectivity index (χ3n) is 2.79. The molecule has 1 aliphatic heterocycles. The zero-order valence-corrected chi connectivity index (χ0v) is 8.64. The number of aromatic nitrogens is 1.